The standard InChI is InChI=1S/C31H23N3O3S/c1-18-12-19(2)14-24(13-18)34-28-7-5-4-6-27(28)33-30(34)22-10-8-21(9-11-22)29-26(20(3)35)16-25(38-29)15-23(17-32)31(36)37/h4-16H,1-3H3,(H,36,37)/b23-15+. The van der Waals surface area contributed by atoms with Gasteiger partial charge in [0.25, 0.3) is 0 Å². The number of aryl methyl sites for hydroxylation is 2. The van der Waals surface area contributed by atoms with E-state index in [0.29, 0.717) is 10.4 Å². The van der Waals surface area contributed by atoms with Gasteiger partial charge in [-0.15, -0.1) is 11.3 Å². The van der Waals surface area contributed by atoms with Gasteiger partial charge in [-0.1, -0.05) is 42.5 Å². The van der Waals surface area contributed by atoms with E-state index in [2.05, 4.69) is 42.7 Å². The molecule has 5 rings (SSSR count). The zero-order chi connectivity index (χ0) is 27.0. The summed E-state index contributed by atoms with van der Waals surface area (Å²) < 4.78 is 2.16. The number of rotatable bonds is 6. The number of hydrogen-bond acceptors (Lipinski definition) is 5. The van der Waals surface area contributed by atoms with Gasteiger partial charge >= 0.3 is 5.97 Å². The monoisotopic (exact) mass is 517 g/mol. The number of aliphatic carboxylic acids is 1. The minimum Gasteiger partial charge on any atom is -0.477 e. The van der Waals surface area contributed by atoms with E-state index in [-0.39, 0.29) is 11.4 Å². The SMILES string of the molecule is CC(=O)c1cc(/C=C(\C#N)C(=O)O)sc1-c1ccc(-c2nc3ccccc3n2-c2cc(C)cc(C)c2)cc1. The van der Waals surface area contributed by atoms with E-state index >= 15 is 0 Å². The van der Waals surface area contributed by atoms with Crippen molar-refractivity contribution >= 4 is 40.2 Å². The minimum absolute atomic E-state index is 0.134. The van der Waals surface area contributed by atoms with Gasteiger partial charge in [0.2, 0.25) is 0 Å². The van der Waals surface area contributed by atoms with Crippen LogP contribution in [0.25, 0.3) is 44.6 Å². The third-order valence-electron chi connectivity index (χ3n) is 6.20. The Morgan fingerprint density at radius 3 is 2.26 bits per heavy atom. The summed E-state index contributed by atoms with van der Waals surface area (Å²) in [7, 11) is 0. The van der Waals surface area contributed by atoms with Gasteiger partial charge in [-0.25, -0.2) is 9.78 Å². The summed E-state index contributed by atoms with van der Waals surface area (Å²) >= 11 is 1.28. The highest BCUT2D eigenvalue weighted by Gasteiger charge is 2.18. The molecule has 0 saturated carbocycles. The van der Waals surface area contributed by atoms with E-state index in [1.165, 1.54) is 35.5 Å². The van der Waals surface area contributed by atoms with Crippen molar-refractivity contribution in [2.45, 2.75) is 20.8 Å². The second-order valence-electron chi connectivity index (χ2n) is 9.11. The van der Waals surface area contributed by atoms with Crippen LogP contribution in [0.5, 0.6) is 0 Å². The number of para-hydroxylation sites is 2. The topological polar surface area (TPSA) is 96.0 Å². The second kappa shape index (κ2) is 9.92. The molecule has 0 aliphatic carbocycles. The zero-order valence-electron chi connectivity index (χ0n) is 21.0. The highest BCUT2D eigenvalue weighted by molar-refractivity contribution is 7.16. The normalized spacial score (nSPS) is 11.5. The Labute approximate surface area is 223 Å². The molecular formula is C31H23N3O3S. The molecule has 186 valence electrons. The van der Waals surface area contributed by atoms with E-state index in [1.807, 2.05) is 42.5 Å². The fraction of sp³-hybridized carbons (Fsp3) is 0.0968. The molecule has 0 spiro atoms. The number of imidazole rings is 1. The average molecular weight is 518 g/mol. The first-order chi connectivity index (χ1) is 18.2. The van der Waals surface area contributed by atoms with Crippen LogP contribution >= 0.6 is 11.3 Å². The lowest BCUT2D eigenvalue weighted by Gasteiger charge is -2.12. The Hall–Kier alpha value is -4.80. The van der Waals surface area contributed by atoms with E-state index in [1.54, 1.807) is 12.1 Å². The lowest BCUT2D eigenvalue weighted by molar-refractivity contribution is -0.132. The number of nitrogens with zero attached hydrogens (tertiary/aromatic N) is 3. The summed E-state index contributed by atoms with van der Waals surface area (Å²) in [4.78, 5) is 29.9. The first-order valence-electron chi connectivity index (χ1n) is 11.9. The second-order valence-corrected chi connectivity index (χ2v) is 10.2. The number of carbonyl (C=O) groups is 2. The van der Waals surface area contributed by atoms with Crippen LogP contribution in [0, 0.1) is 25.2 Å². The Kier molecular flexibility index (Phi) is 6.50. The van der Waals surface area contributed by atoms with Gasteiger partial charge in [-0.05, 0) is 73.9 Å². The summed E-state index contributed by atoms with van der Waals surface area (Å²) in [5.41, 5.74) is 7.13. The number of nitriles is 1. The van der Waals surface area contributed by atoms with E-state index in [4.69, 9.17) is 10.2 Å². The molecule has 1 N–H and O–H groups in total. The quantitative estimate of drug-likeness (QED) is 0.146. The van der Waals surface area contributed by atoms with Crippen LogP contribution in [0.3, 0.4) is 0 Å². The largest absolute Gasteiger partial charge is 0.477 e. The van der Waals surface area contributed by atoms with E-state index < -0.39 is 5.97 Å². The molecule has 3 aromatic carbocycles. The van der Waals surface area contributed by atoms with Crippen LogP contribution in [-0.2, 0) is 4.79 Å². The molecule has 0 atom stereocenters. The molecule has 0 unspecified atom stereocenters. The Morgan fingerprint density at radius 1 is 0.974 bits per heavy atom. The molecule has 2 aromatic heterocycles. The number of fused-ring (bicyclic) bond motifs is 1. The van der Waals surface area contributed by atoms with Gasteiger partial charge in [0.05, 0.1) is 11.0 Å². The molecule has 0 radical (unpaired) electrons. The molecule has 0 aliphatic heterocycles. The third kappa shape index (κ3) is 4.65. The van der Waals surface area contributed by atoms with E-state index in [0.717, 1.165) is 38.5 Å². The molecule has 0 aliphatic rings. The van der Waals surface area contributed by atoms with Crippen molar-refractivity contribution in [3.05, 3.63) is 99.9 Å². The van der Waals surface area contributed by atoms with Gasteiger partial charge in [0.1, 0.15) is 17.5 Å². The van der Waals surface area contributed by atoms with Crippen molar-refractivity contribution in [3.8, 4) is 33.6 Å². The summed E-state index contributed by atoms with van der Waals surface area (Å²) in [6.07, 6.45) is 1.30. The number of ketones is 1. The fourth-order valence-corrected chi connectivity index (χ4v) is 5.73. The van der Waals surface area contributed by atoms with Crippen LogP contribution in [-0.4, -0.2) is 26.4 Å². The predicted molar refractivity (Wildman–Crippen MR) is 151 cm³/mol. The van der Waals surface area contributed by atoms with Crippen molar-refractivity contribution in [1.29, 1.82) is 5.26 Å². The number of thiophene rings is 1. The maximum Gasteiger partial charge on any atom is 0.346 e. The first-order valence-corrected chi connectivity index (χ1v) is 12.7. The molecule has 0 saturated heterocycles. The predicted octanol–water partition coefficient (Wildman–Crippen LogP) is 7.23. The minimum atomic E-state index is -1.30. The smallest absolute Gasteiger partial charge is 0.346 e. The van der Waals surface area contributed by atoms with Crippen molar-refractivity contribution < 1.29 is 14.7 Å². The number of aromatic nitrogens is 2. The van der Waals surface area contributed by atoms with Crippen molar-refractivity contribution in [1.82, 2.24) is 9.55 Å². The number of carbonyl (C=O) groups excluding carboxylic acids is 1. The molecule has 0 bridgehead atoms. The van der Waals surface area contributed by atoms with Crippen molar-refractivity contribution in [2.75, 3.05) is 0 Å². The van der Waals surface area contributed by atoms with Gasteiger partial charge in [-0.3, -0.25) is 9.36 Å². The average Bonchev–Trinajstić information content (AvgIpc) is 3.49. The Morgan fingerprint density at radius 2 is 1.63 bits per heavy atom. The van der Waals surface area contributed by atoms with Gasteiger partial charge < -0.3 is 5.11 Å². The maximum atomic E-state index is 12.4. The fourth-order valence-electron chi connectivity index (χ4n) is 4.57. The molecule has 6 nitrogen and oxygen atoms in total. The van der Waals surface area contributed by atoms with Gasteiger partial charge in [-0.2, -0.15) is 5.26 Å². The molecule has 7 heteroatoms. The van der Waals surface area contributed by atoms with Gasteiger partial charge in [0, 0.05) is 26.6 Å². The number of carboxylic acids is 1. The van der Waals surface area contributed by atoms with Crippen molar-refractivity contribution in [3.63, 3.8) is 0 Å². The van der Waals surface area contributed by atoms with Gasteiger partial charge in [0.15, 0.2) is 5.78 Å². The number of Topliss-reactive ketones (excluding diaryl/α,β-unsaturated/α-hetero) is 1. The Bertz CT molecular complexity index is 1780. The summed E-state index contributed by atoms with van der Waals surface area (Å²) in [5, 5.41) is 18.3. The number of hydrogen-bond donors (Lipinski definition) is 1. The molecule has 2 heterocycles. The highest BCUT2D eigenvalue weighted by atomic mass is 32.1. The van der Waals surface area contributed by atoms with Crippen LogP contribution in [0.4, 0.5) is 0 Å². The number of carboxylic acid groups (broad SMARTS) is 1. The lowest BCUT2D eigenvalue weighted by Crippen LogP contribution is -1.99. The van der Waals surface area contributed by atoms with Crippen molar-refractivity contribution in [2.24, 2.45) is 0 Å². The third-order valence-corrected chi connectivity index (χ3v) is 7.33. The summed E-state index contributed by atoms with van der Waals surface area (Å²) in [6.45, 7) is 5.64. The van der Waals surface area contributed by atoms with Crippen LogP contribution in [0.2, 0.25) is 0 Å². The lowest BCUT2D eigenvalue weighted by atomic mass is 10.0. The Balaban J connectivity index is 1.62. The van der Waals surface area contributed by atoms with E-state index in [9.17, 15) is 14.7 Å². The summed E-state index contributed by atoms with van der Waals surface area (Å²) in [5.74, 6) is -0.627. The maximum absolute atomic E-state index is 12.4. The van der Waals surface area contributed by atoms with Crippen LogP contribution in [0.1, 0.15) is 33.3 Å². The zero-order valence-corrected chi connectivity index (χ0v) is 21.8. The highest BCUT2D eigenvalue weighted by Crippen LogP contribution is 2.36. The first kappa shape index (κ1) is 24.9. The molecule has 38 heavy (non-hydrogen) atoms. The molecular weight excluding hydrogens is 494 g/mol. The van der Waals surface area contributed by atoms with Crippen LogP contribution < -0.4 is 0 Å². The summed E-state index contributed by atoms with van der Waals surface area (Å²) in [6, 6.07) is 25.6. The molecule has 5 aromatic rings. The molecule has 0 amide bonds. The van der Waals surface area contributed by atoms with Crippen LogP contribution in [0.15, 0.2) is 78.4 Å². The number of benzene rings is 3. The molecule has 0 fully saturated rings.